The molecule has 0 bridgehead atoms. The molecule has 3 aromatic rings. The third-order valence-electron chi connectivity index (χ3n) is 4.86. The largest absolute Gasteiger partial charge is 0.490 e. The number of carboxylic acids is 1. The second-order valence-electron chi connectivity index (χ2n) is 7.66. The molecule has 0 spiro atoms. The molecule has 6 N–H and O–H groups in total. The number of anilines is 2. The zero-order valence-corrected chi connectivity index (χ0v) is 19.2. The van der Waals surface area contributed by atoms with Gasteiger partial charge in [0.25, 0.3) is 5.91 Å². The van der Waals surface area contributed by atoms with E-state index in [4.69, 9.17) is 32.6 Å². The van der Waals surface area contributed by atoms with Crippen LogP contribution in [0.25, 0.3) is 0 Å². The molecule has 0 aliphatic heterocycles. The van der Waals surface area contributed by atoms with Crippen LogP contribution in [0, 0.1) is 5.41 Å². The first kappa shape index (κ1) is 24.6. The number of halogens is 1. The van der Waals surface area contributed by atoms with Gasteiger partial charge >= 0.3 is 5.97 Å². The number of hydrogen-bond acceptors (Lipinski definition) is 5. The van der Waals surface area contributed by atoms with Gasteiger partial charge in [-0.1, -0.05) is 23.7 Å². The Labute approximate surface area is 202 Å². The molecule has 1 unspecified atom stereocenters. The maximum absolute atomic E-state index is 12.9. The van der Waals surface area contributed by atoms with Gasteiger partial charge in [0.2, 0.25) is 0 Å². The molecule has 0 heterocycles. The molecule has 1 amide bonds. The zero-order chi connectivity index (χ0) is 24.7. The van der Waals surface area contributed by atoms with E-state index in [1.807, 2.05) is 18.2 Å². The summed E-state index contributed by atoms with van der Waals surface area (Å²) in [6, 6.07) is 18.9. The molecule has 0 saturated carbocycles. The molecule has 0 fully saturated rings. The molecular weight excluding hydrogens is 456 g/mol. The van der Waals surface area contributed by atoms with Crippen LogP contribution in [0.1, 0.15) is 34.8 Å². The molecular formula is C25H25ClN4O4. The van der Waals surface area contributed by atoms with Crippen LogP contribution in [0.15, 0.2) is 66.7 Å². The summed E-state index contributed by atoms with van der Waals surface area (Å²) in [4.78, 5) is 23.8. The molecule has 0 aliphatic rings. The second kappa shape index (κ2) is 11.2. The summed E-state index contributed by atoms with van der Waals surface area (Å²) in [7, 11) is 0. The fourth-order valence-corrected chi connectivity index (χ4v) is 3.41. The maximum atomic E-state index is 12.9. The van der Waals surface area contributed by atoms with Gasteiger partial charge in [0.05, 0.1) is 12.0 Å². The summed E-state index contributed by atoms with van der Waals surface area (Å²) in [5, 5.41) is 22.8. The average Bonchev–Trinajstić information content (AvgIpc) is 2.78. The van der Waals surface area contributed by atoms with E-state index in [-0.39, 0.29) is 18.2 Å². The quantitative estimate of drug-likeness (QED) is 0.210. The van der Waals surface area contributed by atoms with E-state index in [1.165, 1.54) is 0 Å². The van der Waals surface area contributed by atoms with Gasteiger partial charge in [0.15, 0.2) is 0 Å². The Hall–Kier alpha value is -4.04. The first-order chi connectivity index (χ1) is 16.2. The van der Waals surface area contributed by atoms with Crippen LogP contribution in [0.5, 0.6) is 5.75 Å². The van der Waals surface area contributed by atoms with Gasteiger partial charge in [0, 0.05) is 28.5 Å². The van der Waals surface area contributed by atoms with Gasteiger partial charge in [-0.2, -0.15) is 0 Å². The number of carbonyl (C=O) groups is 2. The number of nitrogen functional groups attached to an aromatic ring is 1. The van der Waals surface area contributed by atoms with Crippen molar-refractivity contribution in [3.05, 3.63) is 88.4 Å². The molecule has 9 heteroatoms. The van der Waals surface area contributed by atoms with E-state index in [1.54, 1.807) is 55.5 Å². The van der Waals surface area contributed by atoms with Gasteiger partial charge in [-0.15, -0.1) is 0 Å². The van der Waals surface area contributed by atoms with Gasteiger partial charge in [-0.05, 0) is 67.1 Å². The van der Waals surface area contributed by atoms with E-state index < -0.39 is 12.1 Å². The zero-order valence-electron chi connectivity index (χ0n) is 18.5. The highest BCUT2D eigenvalue weighted by Gasteiger charge is 2.14. The molecule has 34 heavy (non-hydrogen) atoms. The summed E-state index contributed by atoms with van der Waals surface area (Å²) in [5.74, 6) is -0.755. The molecule has 1 atom stereocenters. The van der Waals surface area contributed by atoms with Crippen LogP contribution < -0.4 is 21.1 Å². The van der Waals surface area contributed by atoms with Crippen molar-refractivity contribution >= 4 is 40.7 Å². The standard InChI is InChI=1S/C25H25ClN4O4/c1-15(11-23(31)32)34-20-4-2-3-16(12-20)14-29-22-10-7-18(26)13-21(22)25(33)30-19-8-5-17(6-9-19)24(27)28/h2-10,12-13,15,29H,11,14H2,1H3,(H3,27,28)(H,30,33)(H,31,32). The smallest absolute Gasteiger partial charge is 0.307 e. The number of nitrogens with two attached hydrogens (primary N) is 1. The monoisotopic (exact) mass is 480 g/mol. The third kappa shape index (κ3) is 6.98. The number of carbonyl (C=O) groups excluding carboxylic acids is 1. The van der Waals surface area contributed by atoms with Gasteiger partial charge in [-0.3, -0.25) is 15.0 Å². The summed E-state index contributed by atoms with van der Waals surface area (Å²) < 4.78 is 5.67. The Balaban J connectivity index is 1.70. The molecule has 0 aromatic heterocycles. The van der Waals surface area contributed by atoms with E-state index in [0.29, 0.717) is 39.8 Å². The topological polar surface area (TPSA) is 138 Å². The van der Waals surface area contributed by atoms with Crippen LogP contribution >= 0.6 is 11.6 Å². The lowest BCUT2D eigenvalue weighted by atomic mass is 10.1. The van der Waals surface area contributed by atoms with Crippen molar-refractivity contribution < 1.29 is 19.4 Å². The van der Waals surface area contributed by atoms with Crippen LogP contribution in [-0.4, -0.2) is 28.9 Å². The maximum Gasteiger partial charge on any atom is 0.307 e. The van der Waals surface area contributed by atoms with Crippen molar-refractivity contribution in [1.29, 1.82) is 5.41 Å². The van der Waals surface area contributed by atoms with E-state index in [2.05, 4.69) is 10.6 Å². The minimum Gasteiger partial charge on any atom is -0.490 e. The van der Waals surface area contributed by atoms with E-state index in [0.717, 1.165) is 5.56 Å². The van der Waals surface area contributed by atoms with Crippen molar-refractivity contribution in [2.75, 3.05) is 10.6 Å². The second-order valence-corrected chi connectivity index (χ2v) is 8.10. The van der Waals surface area contributed by atoms with Crippen molar-refractivity contribution in [3.63, 3.8) is 0 Å². The fourth-order valence-electron chi connectivity index (χ4n) is 3.24. The molecule has 0 aliphatic carbocycles. The molecule has 8 nitrogen and oxygen atoms in total. The SMILES string of the molecule is CC(CC(=O)O)Oc1cccc(CNc2ccc(Cl)cc2C(=O)Nc2ccc(C(=N)N)cc2)c1. The number of amidine groups is 1. The number of hydrogen-bond donors (Lipinski definition) is 5. The first-order valence-electron chi connectivity index (χ1n) is 10.5. The number of nitrogens with one attached hydrogen (secondary N) is 3. The molecule has 176 valence electrons. The van der Waals surface area contributed by atoms with Crippen molar-refractivity contribution in [3.8, 4) is 5.75 Å². The molecule has 3 aromatic carbocycles. The lowest BCUT2D eigenvalue weighted by Gasteiger charge is -2.15. The van der Waals surface area contributed by atoms with Crippen molar-refractivity contribution in [2.24, 2.45) is 5.73 Å². The van der Waals surface area contributed by atoms with Crippen LogP contribution in [0.4, 0.5) is 11.4 Å². The Morgan fingerprint density at radius 3 is 2.53 bits per heavy atom. The van der Waals surface area contributed by atoms with E-state index >= 15 is 0 Å². The van der Waals surface area contributed by atoms with E-state index in [9.17, 15) is 9.59 Å². The van der Waals surface area contributed by atoms with Gasteiger partial charge in [0.1, 0.15) is 17.7 Å². The Morgan fingerprint density at radius 1 is 1.12 bits per heavy atom. The summed E-state index contributed by atoms with van der Waals surface area (Å²) in [6.07, 6.45) is -0.555. The third-order valence-corrected chi connectivity index (χ3v) is 5.10. The number of aliphatic carboxylic acids is 1. The summed E-state index contributed by atoms with van der Waals surface area (Å²) in [6.45, 7) is 2.10. The number of amides is 1. The predicted molar refractivity (Wildman–Crippen MR) is 133 cm³/mol. The number of rotatable bonds is 10. The normalized spacial score (nSPS) is 11.4. The van der Waals surface area contributed by atoms with Gasteiger partial charge in [-0.25, -0.2) is 0 Å². The lowest BCUT2D eigenvalue weighted by Crippen LogP contribution is -2.17. The summed E-state index contributed by atoms with van der Waals surface area (Å²) >= 11 is 6.14. The average molecular weight is 481 g/mol. The molecule has 0 saturated heterocycles. The number of carboxylic acid groups (broad SMARTS) is 1. The van der Waals surface area contributed by atoms with Crippen LogP contribution in [-0.2, 0) is 11.3 Å². The lowest BCUT2D eigenvalue weighted by molar-refractivity contribution is -0.138. The van der Waals surface area contributed by atoms with Gasteiger partial charge < -0.3 is 26.2 Å². The minimum atomic E-state index is -0.923. The predicted octanol–water partition coefficient (Wildman–Crippen LogP) is 4.73. The minimum absolute atomic E-state index is 0.0509. The Morgan fingerprint density at radius 2 is 1.85 bits per heavy atom. The number of benzene rings is 3. The highest BCUT2D eigenvalue weighted by molar-refractivity contribution is 6.31. The number of ether oxygens (including phenoxy) is 1. The van der Waals surface area contributed by atoms with Crippen LogP contribution in [0.3, 0.4) is 0 Å². The highest BCUT2D eigenvalue weighted by atomic mass is 35.5. The Kier molecular flexibility index (Phi) is 8.10. The summed E-state index contributed by atoms with van der Waals surface area (Å²) in [5.41, 5.74) is 8.43. The first-order valence-corrected chi connectivity index (χ1v) is 10.9. The van der Waals surface area contributed by atoms with Crippen molar-refractivity contribution in [1.82, 2.24) is 0 Å². The van der Waals surface area contributed by atoms with Crippen molar-refractivity contribution in [2.45, 2.75) is 26.0 Å². The highest BCUT2D eigenvalue weighted by Crippen LogP contribution is 2.24. The molecule has 0 radical (unpaired) electrons. The fraction of sp³-hybridized carbons (Fsp3) is 0.160. The molecule has 3 rings (SSSR count). The van der Waals surface area contributed by atoms with Crippen LogP contribution in [0.2, 0.25) is 5.02 Å². The Bertz CT molecular complexity index is 1200.